The minimum Gasteiger partial charge on any atom is -0.390 e. The summed E-state index contributed by atoms with van der Waals surface area (Å²) in [7, 11) is 0. The molecule has 54 valence electrons. The van der Waals surface area contributed by atoms with Crippen LogP contribution >= 0.6 is 0 Å². The molecule has 0 aromatic rings. The van der Waals surface area contributed by atoms with Crippen molar-refractivity contribution in [3.05, 3.63) is 12.2 Å². The Kier molecular flexibility index (Phi) is 3.55. The van der Waals surface area contributed by atoms with Crippen molar-refractivity contribution < 1.29 is 5.11 Å². The average molecular weight is 128 g/mol. The number of allylic oxidation sites excluding steroid dienone is 1. The molecule has 0 unspecified atom stereocenters. The Morgan fingerprint density at radius 3 is 2.22 bits per heavy atom. The molecule has 0 amide bonds. The quantitative estimate of drug-likeness (QED) is 0.577. The van der Waals surface area contributed by atoms with Crippen molar-refractivity contribution in [1.82, 2.24) is 0 Å². The van der Waals surface area contributed by atoms with Gasteiger partial charge in [0, 0.05) is 0 Å². The Labute approximate surface area is 57.4 Å². The molecule has 0 fully saturated rings. The van der Waals surface area contributed by atoms with E-state index in [-0.39, 0.29) is 0 Å². The van der Waals surface area contributed by atoms with Crippen molar-refractivity contribution in [3.63, 3.8) is 0 Å². The highest BCUT2D eigenvalue weighted by molar-refractivity contribution is 4.86. The third-order valence-corrected chi connectivity index (χ3v) is 1.02. The molecule has 1 heteroatoms. The van der Waals surface area contributed by atoms with Gasteiger partial charge in [0.1, 0.15) is 0 Å². The van der Waals surface area contributed by atoms with Gasteiger partial charge in [0.25, 0.3) is 0 Å². The standard InChI is InChI=1S/C8H16O/c1-4-5-6-7-8(2,3)9/h5-6,9H,4,7H2,1-3H3/b6-5+. The van der Waals surface area contributed by atoms with Crippen LogP contribution in [-0.4, -0.2) is 10.7 Å². The van der Waals surface area contributed by atoms with Crippen LogP contribution in [0.3, 0.4) is 0 Å². The van der Waals surface area contributed by atoms with Gasteiger partial charge >= 0.3 is 0 Å². The van der Waals surface area contributed by atoms with Gasteiger partial charge in [-0.3, -0.25) is 0 Å². The second-order valence-electron chi connectivity index (χ2n) is 2.90. The lowest BCUT2D eigenvalue weighted by molar-refractivity contribution is 0.0838. The molecule has 0 saturated heterocycles. The van der Waals surface area contributed by atoms with E-state index < -0.39 is 5.60 Å². The molecule has 0 aliphatic heterocycles. The van der Waals surface area contributed by atoms with Gasteiger partial charge in [-0.2, -0.15) is 0 Å². The van der Waals surface area contributed by atoms with Gasteiger partial charge in [-0.1, -0.05) is 19.1 Å². The predicted molar refractivity (Wildman–Crippen MR) is 40.3 cm³/mol. The van der Waals surface area contributed by atoms with Crippen molar-refractivity contribution in [2.75, 3.05) is 0 Å². The van der Waals surface area contributed by atoms with E-state index in [0.29, 0.717) is 0 Å². The molecule has 0 saturated carbocycles. The second kappa shape index (κ2) is 3.67. The first kappa shape index (κ1) is 8.70. The van der Waals surface area contributed by atoms with Gasteiger partial charge in [-0.05, 0) is 26.7 Å². The lowest BCUT2D eigenvalue weighted by Gasteiger charge is -2.12. The Morgan fingerprint density at radius 2 is 1.89 bits per heavy atom. The summed E-state index contributed by atoms with van der Waals surface area (Å²) in [6, 6.07) is 0. The zero-order valence-corrected chi connectivity index (χ0v) is 6.52. The molecular formula is C8H16O. The fraction of sp³-hybridized carbons (Fsp3) is 0.750. The van der Waals surface area contributed by atoms with E-state index in [4.69, 9.17) is 0 Å². The molecule has 0 radical (unpaired) electrons. The van der Waals surface area contributed by atoms with Crippen LogP contribution in [0.2, 0.25) is 0 Å². The van der Waals surface area contributed by atoms with Gasteiger partial charge in [-0.15, -0.1) is 0 Å². The molecule has 1 nitrogen and oxygen atoms in total. The number of aliphatic hydroxyl groups is 1. The molecule has 0 aromatic carbocycles. The van der Waals surface area contributed by atoms with Crippen LogP contribution in [0.1, 0.15) is 33.6 Å². The third-order valence-electron chi connectivity index (χ3n) is 1.02. The minimum absolute atomic E-state index is 0.536. The summed E-state index contributed by atoms with van der Waals surface area (Å²) in [5, 5.41) is 9.19. The summed E-state index contributed by atoms with van der Waals surface area (Å²) in [5.41, 5.74) is -0.536. The lowest BCUT2D eigenvalue weighted by atomic mass is 10.1. The Morgan fingerprint density at radius 1 is 1.33 bits per heavy atom. The molecule has 0 rings (SSSR count). The highest BCUT2D eigenvalue weighted by atomic mass is 16.3. The molecule has 0 aromatic heterocycles. The summed E-state index contributed by atoms with van der Waals surface area (Å²) < 4.78 is 0. The monoisotopic (exact) mass is 128 g/mol. The SMILES string of the molecule is CC/C=C/CC(C)(C)O. The van der Waals surface area contributed by atoms with Crippen molar-refractivity contribution in [1.29, 1.82) is 0 Å². The van der Waals surface area contributed by atoms with Gasteiger partial charge in [-0.25, -0.2) is 0 Å². The molecule has 1 N–H and O–H groups in total. The summed E-state index contributed by atoms with van der Waals surface area (Å²) in [4.78, 5) is 0. The van der Waals surface area contributed by atoms with Crippen molar-refractivity contribution >= 4 is 0 Å². The molecule has 9 heavy (non-hydrogen) atoms. The smallest absolute Gasteiger partial charge is 0.0626 e. The van der Waals surface area contributed by atoms with Crippen LogP contribution in [0.4, 0.5) is 0 Å². The van der Waals surface area contributed by atoms with Crippen LogP contribution in [0.15, 0.2) is 12.2 Å². The zero-order valence-electron chi connectivity index (χ0n) is 6.52. The maximum atomic E-state index is 9.19. The van der Waals surface area contributed by atoms with Gasteiger partial charge in [0.05, 0.1) is 5.60 Å². The second-order valence-corrected chi connectivity index (χ2v) is 2.90. The Bertz CT molecular complexity index is 87.2. The predicted octanol–water partition coefficient (Wildman–Crippen LogP) is 2.11. The van der Waals surface area contributed by atoms with E-state index in [0.717, 1.165) is 12.8 Å². The largest absolute Gasteiger partial charge is 0.390 e. The van der Waals surface area contributed by atoms with Crippen molar-refractivity contribution in [2.24, 2.45) is 0 Å². The molecule has 0 heterocycles. The van der Waals surface area contributed by atoms with Crippen molar-refractivity contribution in [2.45, 2.75) is 39.2 Å². The molecule has 0 aliphatic rings. The number of rotatable bonds is 3. The topological polar surface area (TPSA) is 20.2 Å². The zero-order chi connectivity index (χ0) is 7.33. The first-order chi connectivity index (χ1) is 4.06. The maximum absolute atomic E-state index is 9.19. The molecule has 0 bridgehead atoms. The van der Waals surface area contributed by atoms with Crippen molar-refractivity contribution in [3.8, 4) is 0 Å². The van der Waals surface area contributed by atoms with Crippen LogP contribution in [0.25, 0.3) is 0 Å². The van der Waals surface area contributed by atoms with Crippen LogP contribution in [0, 0.1) is 0 Å². The summed E-state index contributed by atoms with van der Waals surface area (Å²) >= 11 is 0. The van der Waals surface area contributed by atoms with Gasteiger partial charge in [0.2, 0.25) is 0 Å². The van der Waals surface area contributed by atoms with Crippen LogP contribution < -0.4 is 0 Å². The highest BCUT2D eigenvalue weighted by Crippen LogP contribution is 2.07. The van der Waals surface area contributed by atoms with E-state index in [1.54, 1.807) is 0 Å². The van der Waals surface area contributed by atoms with Crippen LogP contribution in [0.5, 0.6) is 0 Å². The first-order valence-corrected chi connectivity index (χ1v) is 3.43. The Balaban J connectivity index is 3.38. The lowest BCUT2D eigenvalue weighted by Crippen LogP contribution is -2.16. The Hall–Kier alpha value is -0.300. The summed E-state index contributed by atoms with van der Waals surface area (Å²) in [6.07, 6.45) is 5.88. The van der Waals surface area contributed by atoms with Crippen LogP contribution in [-0.2, 0) is 0 Å². The van der Waals surface area contributed by atoms with E-state index in [9.17, 15) is 5.11 Å². The summed E-state index contributed by atoms with van der Waals surface area (Å²) in [6.45, 7) is 5.71. The third kappa shape index (κ3) is 7.70. The fourth-order valence-electron chi connectivity index (χ4n) is 0.538. The molecule has 0 spiro atoms. The average Bonchev–Trinajstić information content (AvgIpc) is 1.63. The number of hydrogen-bond acceptors (Lipinski definition) is 1. The minimum atomic E-state index is -0.536. The highest BCUT2D eigenvalue weighted by Gasteiger charge is 2.07. The maximum Gasteiger partial charge on any atom is 0.0626 e. The first-order valence-electron chi connectivity index (χ1n) is 3.43. The fourth-order valence-corrected chi connectivity index (χ4v) is 0.538. The molecular weight excluding hydrogens is 112 g/mol. The van der Waals surface area contributed by atoms with Gasteiger partial charge < -0.3 is 5.11 Å². The normalized spacial score (nSPS) is 12.9. The molecule has 0 atom stereocenters. The van der Waals surface area contributed by atoms with E-state index in [1.807, 2.05) is 19.9 Å². The number of hydrogen-bond donors (Lipinski definition) is 1. The molecule has 0 aliphatic carbocycles. The van der Waals surface area contributed by atoms with Gasteiger partial charge in [0.15, 0.2) is 0 Å². The van der Waals surface area contributed by atoms with E-state index in [1.165, 1.54) is 0 Å². The van der Waals surface area contributed by atoms with E-state index in [2.05, 4.69) is 13.0 Å². The van der Waals surface area contributed by atoms with E-state index >= 15 is 0 Å². The summed E-state index contributed by atoms with van der Waals surface area (Å²) in [5.74, 6) is 0.